The summed E-state index contributed by atoms with van der Waals surface area (Å²) in [6.07, 6.45) is -1.99. The van der Waals surface area contributed by atoms with Crippen LogP contribution in [0.5, 0.6) is 17.2 Å². The van der Waals surface area contributed by atoms with Crippen LogP contribution in [0.4, 0.5) is 4.48 Å². The lowest BCUT2D eigenvalue weighted by atomic mass is 9.73. The number of Topliss-reactive ketones (excluding diaryl/α,β-unsaturated/α-hetero) is 1. The van der Waals surface area contributed by atoms with E-state index < -0.39 is 71.9 Å². The molecule has 232 valence electrons. The number of carbonyl (C=O) groups is 4. The van der Waals surface area contributed by atoms with Crippen molar-refractivity contribution >= 4 is 23.3 Å². The summed E-state index contributed by atoms with van der Waals surface area (Å²) in [5.41, 5.74) is 0.494. The van der Waals surface area contributed by atoms with Gasteiger partial charge in [0, 0.05) is 35.4 Å². The standard InChI is InChI=1S/C27H28O10.C3H6FNO/c1-11-15(29)6-7-19(36-11)37-18-9-12(16(30)10-28)8-14-21(18)27(34)23-22(25(14)32)24(31)13-4-3-5-17(35-2)20(13)26(23)33;1-2-3(6)5-4/h3-5,11-12,15,18-19,28-29,32,34H,6-10H2,1-2H3;2H2,1H3,(H,5,6)/t11?,12?,15-,18-,19?;/m0./s1. The number of halogens is 1. The third kappa shape index (κ3) is 5.98. The Labute approximate surface area is 246 Å². The normalized spacial score (nSPS) is 24.1. The molecule has 5 atom stereocenters. The lowest BCUT2D eigenvalue weighted by Crippen LogP contribution is -2.39. The lowest BCUT2D eigenvalue weighted by Gasteiger charge is -2.38. The predicted octanol–water partition coefficient (Wildman–Crippen LogP) is 2.35. The van der Waals surface area contributed by atoms with Crippen LogP contribution in [-0.4, -0.2) is 75.9 Å². The molecule has 2 aromatic rings. The van der Waals surface area contributed by atoms with E-state index in [2.05, 4.69) is 0 Å². The van der Waals surface area contributed by atoms with E-state index >= 15 is 0 Å². The van der Waals surface area contributed by atoms with Gasteiger partial charge in [-0.1, -0.05) is 19.1 Å². The third-order valence-corrected chi connectivity index (χ3v) is 7.99. The van der Waals surface area contributed by atoms with E-state index in [4.69, 9.17) is 14.2 Å². The number of benzene rings is 2. The van der Waals surface area contributed by atoms with Gasteiger partial charge in [0.2, 0.25) is 11.7 Å². The number of amides is 1. The van der Waals surface area contributed by atoms with Gasteiger partial charge in [0.15, 0.2) is 17.9 Å². The Balaban J connectivity index is 0.000000641. The highest BCUT2D eigenvalue weighted by Gasteiger charge is 2.44. The molecule has 1 aliphatic heterocycles. The summed E-state index contributed by atoms with van der Waals surface area (Å²) < 4.78 is 28.0. The second-order valence-corrected chi connectivity index (χ2v) is 10.6. The van der Waals surface area contributed by atoms with Crippen molar-refractivity contribution in [2.24, 2.45) is 5.92 Å². The van der Waals surface area contributed by atoms with Crippen molar-refractivity contribution < 1.29 is 58.3 Å². The maximum Gasteiger partial charge on any atom is 0.247 e. The Bertz CT molecular complexity index is 1440. The van der Waals surface area contributed by atoms with Crippen LogP contribution in [-0.2, 0) is 25.5 Å². The number of ketones is 3. The molecule has 0 bridgehead atoms. The SMILES string of the molecule is CCC(=O)NF.COc1cccc2c1C(=O)c1c(O)c3c(c(O)c1C2=O)CC(C(=O)CO)C[C@@H]3OC1CC[C@H](O)C(C)O1. The zero-order chi connectivity index (χ0) is 31.6. The van der Waals surface area contributed by atoms with E-state index in [0.29, 0.717) is 12.8 Å². The number of phenolic OH excluding ortho intramolecular Hbond substituents is 2. The number of hydrogen-bond donors (Lipinski definition) is 5. The molecule has 0 radical (unpaired) electrons. The van der Waals surface area contributed by atoms with Crippen molar-refractivity contribution in [3.05, 3.63) is 51.6 Å². The van der Waals surface area contributed by atoms with Gasteiger partial charge in [-0.2, -0.15) is 5.54 Å². The Kier molecular flexibility index (Phi) is 9.80. The molecule has 1 heterocycles. The number of rotatable bonds is 6. The maximum atomic E-state index is 13.6. The predicted molar refractivity (Wildman–Crippen MR) is 146 cm³/mol. The molecule has 12 nitrogen and oxygen atoms in total. The van der Waals surface area contributed by atoms with Crippen molar-refractivity contribution in [3.63, 3.8) is 0 Å². The van der Waals surface area contributed by atoms with E-state index in [0.717, 1.165) is 5.54 Å². The molecule has 3 aliphatic rings. The fourth-order valence-corrected chi connectivity index (χ4v) is 5.67. The summed E-state index contributed by atoms with van der Waals surface area (Å²) in [6.45, 7) is 2.55. The van der Waals surface area contributed by atoms with Gasteiger partial charge in [0.05, 0.1) is 42.1 Å². The van der Waals surface area contributed by atoms with Crippen molar-refractivity contribution in [2.45, 2.75) is 70.6 Å². The molecule has 2 aromatic carbocycles. The van der Waals surface area contributed by atoms with Gasteiger partial charge < -0.3 is 34.6 Å². The Morgan fingerprint density at radius 1 is 1.09 bits per heavy atom. The zero-order valence-corrected chi connectivity index (χ0v) is 23.9. The summed E-state index contributed by atoms with van der Waals surface area (Å²) in [7, 11) is 1.36. The minimum atomic E-state index is -0.991. The summed E-state index contributed by atoms with van der Waals surface area (Å²) >= 11 is 0. The highest BCUT2D eigenvalue weighted by molar-refractivity contribution is 6.31. The number of fused-ring (bicyclic) bond motifs is 3. The van der Waals surface area contributed by atoms with E-state index in [-0.39, 0.29) is 58.4 Å². The first-order chi connectivity index (χ1) is 20.5. The van der Waals surface area contributed by atoms with Crippen molar-refractivity contribution in [1.29, 1.82) is 0 Å². The second-order valence-electron chi connectivity index (χ2n) is 10.6. The van der Waals surface area contributed by atoms with Gasteiger partial charge in [0.1, 0.15) is 23.9 Å². The molecular formula is C30H34FNO11. The summed E-state index contributed by atoms with van der Waals surface area (Å²) in [6, 6.07) is 4.51. The molecule has 3 unspecified atom stereocenters. The molecular weight excluding hydrogens is 569 g/mol. The highest BCUT2D eigenvalue weighted by Crippen LogP contribution is 2.51. The van der Waals surface area contributed by atoms with Crippen LogP contribution in [0.2, 0.25) is 0 Å². The van der Waals surface area contributed by atoms with Gasteiger partial charge in [-0.15, -0.1) is 4.48 Å². The molecule has 2 aliphatic carbocycles. The van der Waals surface area contributed by atoms with Crippen LogP contribution in [0.3, 0.4) is 0 Å². The van der Waals surface area contributed by atoms with E-state index in [1.54, 1.807) is 19.9 Å². The number of ether oxygens (including phenoxy) is 3. The Hall–Kier alpha value is -3.91. The van der Waals surface area contributed by atoms with Gasteiger partial charge >= 0.3 is 0 Å². The molecule has 5 rings (SSSR count). The summed E-state index contributed by atoms with van der Waals surface area (Å²) in [4.78, 5) is 49.3. The van der Waals surface area contributed by atoms with Crippen LogP contribution in [0, 0.1) is 5.92 Å². The first-order valence-electron chi connectivity index (χ1n) is 13.9. The highest BCUT2D eigenvalue weighted by atomic mass is 19.2. The largest absolute Gasteiger partial charge is 0.507 e. The van der Waals surface area contributed by atoms with Gasteiger partial charge in [0.25, 0.3) is 0 Å². The average Bonchev–Trinajstić information content (AvgIpc) is 3.01. The van der Waals surface area contributed by atoms with Crippen molar-refractivity contribution in [3.8, 4) is 17.2 Å². The fraction of sp³-hybridized carbons (Fsp3) is 0.467. The van der Waals surface area contributed by atoms with Gasteiger partial charge in [-0.3, -0.25) is 19.2 Å². The summed E-state index contributed by atoms with van der Waals surface area (Å²) in [5.74, 6) is -4.03. The van der Waals surface area contributed by atoms with Gasteiger partial charge in [-0.05, 0) is 32.3 Å². The molecule has 1 fully saturated rings. The van der Waals surface area contributed by atoms with Crippen LogP contribution in [0.25, 0.3) is 0 Å². The smallest absolute Gasteiger partial charge is 0.247 e. The third-order valence-electron chi connectivity index (χ3n) is 7.99. The number of aliphatic hydroxyl groups is 2. The number of phenols is 2. The van der Waals surface area contributed by atoms with Gasteiger partial charge in [-0.25, -0.2) is 0 Å². The molecule has 0 spiro atoms. The maximum absolute atomic E-state index is 13.6. The first kappa shape index (κ1) is 32.0. The van der Waals surface area contributed by atoms with Crippen LogP contribution < -0.4 is 10.3 Å². The molecule has 0 saturated carbocycles. The quantitative estimate of drug-likeness (QED) is 0.205. The minimum Gasteiger partial charge on any atom is -0.507 e. The molecule has 13 heteroatoms. The molecule has 0 aromatic heterocycles. The Morgan fingerprint density at radius 3 is 2.37 bits per heavy atom. The average molecular weight is 604 g/mol. The molecule has 1 amide bonds. The Morgan fingerprint density at radius 2 is 1.79 bits per heavy atom. The van der Waals surface area contributed by atoms with Crippen LogP contribution >= 0.6 is 0 Å². The monoisotopic (exact) mass is 603 g/mol. The zero-order valence-electron chi connectivity index (χ0n) is 23.9. The second kappa shape index (κ2) is 13.2. The van der Waals surface area contributed by atoms with Crippen molar-refractivity contribution in [1.82, 2.24) is 5.54 Å². The number of hydrogen-bond acceptors (Lipinski definition) is 11. The fourth-order valence-electron chi connectivity index (χ4n) is 5.67. The number of nitrogens with one attached hydrogen (secondary N) is 1. The molecule has 5 N–H and O–H groups in total. The number of aromatic hydroxyl groups is 2. The molecule has 1 saturated heterocycles. The van der Waals surface area contributed by atoms with E-state index in [1.807, 2.05) is 0 Å². The topological polar surface area (TPSA) is 189 Å². The number of carbonyl (C=O) groups excluding carboxylic acids is 4. The number of aliphatic hydroxyl groups excluding tert-OH is 2. The van der Waals surface area contributed by atoms with E-state index in [9.17, 15) is 44.1 Å². The minimum absolute atomic E-state index is 0.0165. The molecule has 43 heavy (non-hydrogen) atoms. The van der Waals surface area contributed by atoms with Crippen LogP contribution in [0.1, 0.15) is 88.6 Å². The van der Waals surface area contributed by atoms with Crippen LogP contribution in [0.15, 0.2) is 18.2 Å². The first-order valence-corrected chi connectivity index (χ1v) is 13.9. The summed E-state index contributed by atoms with van der Waals surface area (Å²) in [5, 5.41) is 42.2. The van der Waals surface area contributed by atoms with E-state index in [1.165, 1.54) is 19.2 Å². The lowest BCUT2D eigenvalue weighted by molar-refractivity contribution is -0.239. The number of methoxy groups -OCH3 is 1. The van der Waals surface area contributed by atoms with Crippen molar-refractivity contribution in [2.75, 3.05) is 13.7 Å².